The molecule has 2 aromatic carbocycles. The molecule has 0 aliphatic rings. The summed E-state index contributed by atoms with van der Waals surface area (Å²) >= 11 is 0. The van der Waals surface area contributed by atoms with Crippen molar-refractivity contribution >= 4 is 29.9 Å². The van der Waals surface area contributed by atoms with Crippen molar-refractivity contribution in [1.29, 1.82) is 0 Å². The minimum absolute atomic E-state index is 0. The number of guanidine groups is 1. The zero-order valence-electron chi connectivity index (χ0n) is 17.2. The van der Waals surface area contributed by atoms with Crippen LogP contribution in [-0.4, -0.2) is 42.5 Å². The summed E-state index contributed by atoms with van der Waals surface area (Å²) in [5.74, 6) is 2.42. The number of methoxy groups -OCH3 is 1. The fourth-order valence-corrected chi connectivity index (χ4v) is 2.68. The number of ether oxygens (including phenoxy) is 2. The van der Waals surface area contributed by atoms with Crippen LogP contribution in [0.2, 0.25) is 0 Å². The van der Waals surface area contributed by atoms with Crippen LogP contribution in [0.5, 0.6) is 11.5 Å². The molecule has 3 rings (SSSR count). The Morgan fingerprint density at radius 1 is 1.00 bits per heavy atom. The summed E-state index contributed by atoms with van der Waals surface area (Å²) in [5.41, 5.74) is 1.86. The first-order chi connectivity index (χ1) is 14.3. The molecule has 7 nitrogen and oxygen atoms in total. The van der Waals surface area contributed by atoms with Crippen molar-refractivity contribution < 1.29 is 9.47 Å². The van der Waals surface area contributed by atoms with E-state index in [1.165, 1.54) is 0 Å². The molecule has 30 heavy (non-hydrogen) atoms. The molecule has 1 heterocycles. The highest BCUT2D eigenvalue weighted by Gasteiger charge is 2.03. The predicted octanol–water partition coefficient (Wildman–Crippen LogP) is 3.63. The molecule has 0 radical (unpaired) electrons. The lowest BCUT2D eigenvalue weighted by molar-refractivity contribution is 0.322. The molecule has 1 aromatic heterocycles. The summed E-state index contributed by atoms with van der Waals surface area (Å²) in [6.07, 6.45) is 1.93. The number of hydrogen-bond acceptors (Lipinski definition) is 4. The van der Waals surface area contributed by atoms with Crippen LogP contribution in [0, 0.1) is 0 Å². The van der Waals surface area contributed by atoms with Gasteiger partial charge in [-0.25, -0.2) is 9.67 Å². The summed E-state index contributed by atoms with van der Waals surface area (Å²) in [6.45, 7) is 4.52. The summed E-state index contributed by atoms with van der Waals surface area (Å²) in [5, 5.41) is 11.1. The summed E-state index contributed by atoms with van der Waals surface area (Å²) < 4.78 is 12.7. The zero-order valence-corrected chi connectivity index (χ0v) is 19.6. The largest absolute Gasteiger partial charge is 0.497 e. The van der Waals surface area contributed by atoms with Crippen LogP contribution in [0.25, 0.3) is 5.69 Å². The lowest BCUT2D eigenvalue weighted by Crippen LogP contribution is -2.39. The Labute approximate surface area is 194 Å². The zero-order chi connectivity index (χ0) is 20.3. The van der Waals surface area contributed by atoms with Crippen molar-refractivity contribution in [2.75, 3.05) is 26.8 Å². The average molecular weight is 521 g/mol. The van der Waals surface area contributed by atoms with Crippen molar-refractivity contribution in [3.05, 3.63) is 72.6 Å². The van der Waals surface area contributed by atoms with Crippen molar-refractivity contribution in [2.24, 2.45) is 4.99 Å². The van der Waals surface area contributed by atoms with Gasteiger partial charge in [-0.3, -0.25) is 0 Å². The molecule has 0 aliphatic heterocycles. The molecular formula is C22H28IN5O2. The van der Waals surface area contributed by atoms with E-state index in [0.29, 0.717) is 19.7 Å². The number of aromatic nitrogens is 2. The van der Waals surface area contributed by atoms with Gasteiger partial charge in [-0.1, -0.05) is 18.2 Å². The van der Waals surface area contributed by atoms with Gasteiger partial charge >= 0.3 is 0 Å². The molecule has 160 valence electrons. The number of aliphatic imine (C=N–C) groups is 1. The standard InChI is InChI=1S/C22H27N5O2.HI/c1-3-23-22(24-14-16-29-21-7-5-4-6-8-21)25-17-18-13-15-27(26-18)19-9-11-20(28-2)12-10-19;/h4-13,15H,3,14,16-17H2,1-2H3,(H2,23,24,25);1H. The number of benzene rings is 2. The monoisotopic (exact) mass is 521 g/mol. The summed E-state index contributed by atoms with van der Waals surface area (Å²) in [4.78, 5) is 4.61. The van der Waals surface area contributed by atoms with E-state index in [1.54, 1.807) is 7.11 Å². The first-order valence-electron chi connectivity index (χ1n) is 9.67. The molecule has 0 spiro atoms. The van der Waals surface area contributed by atoms with Crippen molar-refractivity contribution in [2.45, 2.75) is 13.5 Å². The van der Waals surface area contributed by atoms with Gasteiger partial charge in [-0.05, 0) is 49.4 Å². The molecule has 0 fully saturated rings. The van der Waals surface area contributed by atoms with Gasteiger partial charge in [0.2, 0.25) is 0 Å². The van der Waals surface area contributed by atoms with Crippen molar-refractivity contribution in [3.63, 3.8) is 0 Å². The van der Waals surface area contributed by atoms with E-state index in [4.69, 9.17) is 9.47 Å². The number of halogens is 1. The van der Waals surface area contributed by atoms with Crippen LogP contribution < -0.4 is 20.1 Å². The van der Waals surface area contributed by atoms with Crippen LogP contribution in [-0.2, 0) is 6.54 Å². The third-order valence-corrected chi connectivity index (χ3v) is 4.13. The highest BCUT2D eigenvalue weighted by Crippen LogP contribution is 2.14. The van der Waals surface area contributed by atoms with Crippen LogP contribution >= 0.6 is 24.0 Å². The number of nitrogens with one attached hydrogen (secondary N) is 2. The van der Waals surface area contributed by atoms with Crippen molar-refractivity contribution in [1.82, 2.24) is 20.4 Å². The van der Waals surface area contributed by atoms with Gasteiger partial charge in [-0.15, -0.1) is 24.0 Å². The fraction of sp³-hybridized carbons (Fsp3) is 0.273. The maximum atomic E-state index is 5.70. The van der Waals surface area contributed by atoms with E-state index >= 15 is 0 Å². The molecule has 0 saturated heterocycles. The van der Waals surface area contributed by atoms with Crippen LogP contribution in [0.3, 0.4) is 0 Å². The lowest BCUT2D eigenvalue weighted by atomic mass is 10.3. The van der Waals surface area contributed by atoms with Gasteiger partial charge in [0.1, 0.15) is 18.1 Å². The Hall–Kier alpha value is -2.75. The number of para-hydroxylation sites is 1. The number of rotatable bonds is 9. The van der Waals surface area contributed by atoms with E-state index in [2.05, 4.69) is 20.7 Å². The highest BCUT2D eigenvalue weighted by atomic mass is 127. The summed E-state index contributed by atoms with van der Waals surface area (Å²) in [6, 6.07) is 19.5. The quantitative estimate of drug-likeness (QED) is 0.195. The minimum Gasteiger partial charge on any atom is -0.497 e. The molecule has 0 unspecified atom stereocenters. The van der Waals surface area contributed by atoms with Gasteiger partial charge in [-0.2, -0.15) is 5.10 Å². The minimum atomic E-state index is 0. The normalized spacial score (nSPS) is 10.8. The van der Waals surface area contributed by atoms with Crippen molar-refractivity contribution in [3.8, 4) is 17.2 Å². The molecule has 3 aromatic rings. The molecule has 0 atom stereocenters. The third-order valence-electron chi connectivity index (χ3n) is 4.13. The Morgan fingerprint density at radius 2 is 1.77 bits per heavy atom. The molecule has 8 heteroatoms. The molecular weight excluding hydrogens is 493 g/mol. The first-order valence-corrected chi connectivity index (χ1v) is 9.67. The highest BCUT2D eigenvalue weighted by molar-refractivity contribution is 14.0. The molecule has 0 amide bonds. The van der Waals surface area contributed by atoms with E-state index in [9.17, 15) is 0 Å². The molecule has 0 saturated carbocycles. The molecule has 0 aliphatic carbocycles. The van der Waals surface area contributed by atoms with Gasteiger partial charge in [0.15, 0.2) is 5.96 Å². The van der Waals surface area contributed by atoms with E-state index in [1.807, 2.05) is 78.5 Å². The SMILES string of the molecule is CCNC(=NCc1ccn(-c2ccc(OC)cc2)n1)NCCOc1ccccc1.I. The molecule has 2 N–H and O–H groups in total. The van der Waals surface area contributed by atoms with Crippen LogP contribution in [0.4, 0.5) is 0 Å². The Bertz CT molecular complexity index is 897. The maximum Gasteiger partial charge on any atom is 0.191 e. The third kappa shape index (κ3) is 7.25. The number of nitrogens with zero attached hydrogens (tertiary/aromatic N) is 3. The van der Waals surface area contributed by atoms with E-state index < -0.39 is 0 Å². The number of hydrogen-bond donors (Lipinski definition) is 2. The summed E-state index contributed by atoms with van der Waals surface area (Å²) in [7, 11) is 1.66. The Kier molecular flexibility index (Phi) is 9.99. The van der Waals surface area contributed by atoms with Crippen LogP contribution in [0.15, 0.2) is 71.9 Å². The van der Waals surface area contributed by atoms with Gasteiger partial charge in [0.05, 0.1) is 31.6 Å². The second kappa shape index (κ2) is 12.7. The molecule has 0 bridgehead atoms. The lowest BCUT2D eigenvalue weighted by Gasteiger charge is -2.11. The van der Waals surface area contributed by atoms with Gasteiger partial charge in [0.25, 0.3) is 0 Å². The van der Waals surface area contributed by atoms with Gasteiger partial charge < -0.3 is 20.1 Å². The first kappa shape index (κ1) is 23.5. The average Bonchev–Trinajstić information content (AvgIpc) is 3.25. The second-order valence-corrected chi connectivity index (χ2v) is 6.23. The van der Waals surface area contributed by atoms with Crippen LogP contribution in [0.1, 0.15) is 12.6 Å². The van der Waals surface area contributed by atoms with Gasteiger partial charge in [0, 0.05) is 12.7 Å². The second-order valence-electron chi connectivity index (χ2n) is 6.23. The van der Waals surface area contributed by atoms with E-state index in [-0.39, 0.29) is 24.0 Å². The Morgan fingerprint density at radius 3 is 2.47 bits per heavy atom. The smallest absolute Gasteiger partial charge is 0.191 e. The Balaban J connectivity index is 0.00000320. The topological polar surface area (TPSA) is 72.7 Å². The maximum absolute atomic E-state index is 5.70. The predicted molar refractivity (Wildman–Crippen MR) is 130 cm³/mol. The van der Waals surface area contributed by atoms with E-state index in [0.717, 1.165) is 35.4 Å². The fourth-order valence-electron chi connectivity index (χ4n) is 2.68.